The molecule has 5 heteroatoms. The topological polar surface area (TPSA) is 35.2 Å². The molecule has 0 bridgehead atoms. The summed E-state index contributed by atoms with van der Waals surface area (Å²) in [7, 11) is 0. The van der Waals surface area contributed by atoms with Gasteiger partial charge in [0.05, 0.1) is 4.34 Å². The summed E-state index contributed by atoms with van der Waals surface area (Å²) in [6.45, 7) is 2.45. The Balaban J connectivity index is 2.13. The zero-order valence-corrected chi connectivity index (χ0v) is 13.0. The summed E-state index contributed by atoms with van der Waals surface area (Å²) < 4.78 is 7.58. The van der Waals surface area contributed by atoms with Crippen LogP contribution in [0, 0.1) is 0 Å². The largest absolute Gasteiger partial charge is 0.488 e. The molecule has 2 nitrogen and oxygen atoms in total. The molecule has 0 spiro atoms. The Labute approximate surface area is 124 Å². The van der Waals surface area contributed by atoms with Crippen LogP contribution in [0.4, 0.5) is 0 Å². The summed E-state index contributed by atoms with van der Waals surface area (Å²) in [5, 5.41) is 0. The van der Waals surface area contributed by atoms with Gasteiger partial charge in [0, 0.05) is 21.0 Å². The second-order valence-electron chi connectivity index (χ2n) is 3.97. The number of rotatable bonds is 4. The molecule has 1 unspecified atom stereocenters. The number of hydrogen-bond acceptors (Lipinski definition) is 3. The van der Waals surface area contributed by atoms with Crippen molar-refractivity contribution in [3.8, 4) is 5.75 Å². The van der Waals surface area contributed by atoms with Gasteiger partial charge in [-0.25, -0.2) is 0 Å². The molecule has 2 rings (SSSR count). The van der Waals surface area contributed by atoms with Crippen molar-refractivity contribution in [1.29, 1.82) is 0 Å². The van der Waals surface area contributed by atoms with E-state index in [-0.39, 0.29) is 6.04 Å². The molecular formula is C13H13BrClNOS. The number of hydrogen-bond donors (Lipinski definition) is 1. The zero-order chi connectivity index (χ0) is 13.1. The van der Waals surface area contributed by atoms with E-state index < -0.39 is 0 Å². The average Bonchev–Trinajstić information content (AvgIpc) is 2.73. The molecule has 0 aliphatic carbocycles. The van der Waals surface area contributed by atoms with Gasteiger partial charge in [0.1, 0.15) is 12.4 Å². The molecule has 1 atom stereocenters. The molecule has 1 heterocycles. The highest BCUT2D eigenvalue weighted by molar-refractivity contribution is 9.10. The van der Waals surface area contributed by atoms with Gasteiger partial charge < -0.3 is 10.5 Å². The maximum Gasteiger partial charge on any atom is 0.124 e. The van der Waals surface area contributed by atoms with Gasteiger partial charge in [0.15, 0.2) is 0 Å². The Hall–Kier alpha value is -0.550. The molecule has 96 valence electrons. The highest BCUT2D eigenvalue weighted by atomic mass is 79.9. The van der Waals surface area contributed by atoms with E-state index in [0.717, 1.165) is 25.0 Å². The van der Waals surface area contributed by atoms with Crippen LogP contribution in [0.1, 0.15) is 23.4 Å². The molecule has 0 saturated carbocycles. The van der Waals surface area contributed by atoms with Gasteiger partial charge in [0.25, 0.3) is 0 Å². The molecule has 1 aromatic heterocycles. The maximum absolute atomic E-state index is 5.94. The van der Waals surface area contributed by atoms with Gasteiger partial charge >= 0.3 is 0 Å². The first-order valence-corrected chi connectivity index (χ1v) is 7.47. The third-order valence-corrected chi connectivity index (χ3v) is 4.16. The van der Waals surface area contributed by atoms with Crippen LogP contribution in [0.5, 0.6) is 5.75 Å². The zero-order valence-electron chi connectivity index (χ0n) is 9.82. The van der Waals surface area contributed by atoms with Crippen molar-refractivity contribution in [2.45, 2.75) is 19.6 Å². The number of nitrogens with two attached hydrogens (primary N) is 1. The Morgan fingerprint density at radius 1 is 1.39 bits per heavy atom. The molecule has 0 radical (unpaired) electrons. The molecule has 0 aliphatic heterocycles. The van der Waals surface area contributed by atoms with Gasteiger partial charge in [-0.1, -0.05) is 27.5 Å². The van der Waals surface area contributed by atoms with E-state index in [4.69, 9.17) is 22.1 Å². The Bertz CT molecular complexity index is 542. The fourth-order valence-corrected chi connectivity index (χ4v) is 2.96. The van der Waals surface area contributed by atoms with Crippen LogP contribution in [0.25, 0.3) is 0 Å². The monoisotopic (exact) mass is 345 g/mol. The lowest BCUT2D eigenvalue weighted by Gasteiger charge is -2.14. The fourth-order valence-electron chi connectivity index (χ4n) is 1.58. The Kier molecular flexibility index (Phi) is 4.67. The third kappa shape index (κ3) is 3.48. The van der Waals surface area contributed by atoms with Crippen molar-refractivity contribution >= 4 is 38.9 Å². The van der Waals surface area contributed by atoms with Crippen LogP contribution in [0.2, 0.25) is 4.34 Å². The van der Waals surface area contributed by atoms with Crippen molar-refractivity contribution in [1.82, 2.24) is 0 Å². The highest BCUT2D eigenvalue weighted by Crippen LogP contribution is 2.29. The lowest BCUT2D eigenvalue weighted by molar-refractivity contribution is 0.305. The quantitative estimate of drug-likeness (QED) is 0.866. The van der Waals surface area contributed by atoms with Crippen LogP contribution in [-0.2, 0) is 6.61 Å². The lowest BCUT2D eigenvalue weighted by atomic mass is 10.1. The summed E-state index contributed by atoms with van der Waals surface area (Å²) in [6, 6.07) is 9.64. The molecule has 2 N–H and O–H groups in total. The fraction of sp³-hybridized carbons (Fsp3) is 0.231. The first kappa shape index (κ1) is 13.9. The summed E-state index contributed by atoms with van der Waals surface area (Å²) in [4.78, 5) is 1.10. The summed E-state index contributed by atoms with van der Waals surface area (Å²) in [6.07, 6.45) is 0. The van der Waals surface area contributed by atoms with Crippen molar-refractivity contribution in [2.24, 2.45) is 5.73 Å². The molecule has 1 aromatic carbocycles. The van der Waals surface area contributed by atoms with Gasteiger partial charge in [-0.05, 0) is 37.3 Å². The van der Waals surface area contributed by atoms with Crippen molar-refractivity contribution in [3.05, 3.63) is 49.6 Å². The third-order valence-electron chi connectivity index (χ3n) is 2.46. The lowest BCUT2D eigenvalue weighted by Crippen LogP contribution is -2.08. The standard InChI is InChI=1S/C13H13BrClNOS/c1-8(16)11-6-9(14)2-4-12(11)17-7-10-3-5-13(15)18-10/h2-6,8H,7,16H2,1H3. The predicted octanol–water partition coefficient (Wildman–Crippen LogP) is 4.76. The van der Waals surface area contributed by atoms with E-state index in [0.29, 0.717) is 6.61 Å². The van der Waals surface area contributed by atoms with Crippen molar-refractivity contribution in [2.75, 3.05) is 0 Å². The number of ether oxygens (including phenoxy) is 1. The van der Waals surface area contributed by atoms with Crippen LogP contribution in [0.3, 0.4) is 0 Å². The molecular weight excluding hydrogens is 334 g/mol. The maximum atomic E-state index is 5.94. The van der Waals surface area contributed by atoms with Crippen LogP contribution < -0.4 is 10.5 Å². The summed E-state index contributed by atoms with van der Waals surface area (Å²) >= 11 is 10.8. The highest BCUT2D eigenvalue weighted by Gasteiger charge is 2.09. The summed E-state index contributed by atoms with van der Waals surface area (Å²) in [5.41, 5.74) is 6.93. The number of halogens is 2. The van der Waals surface area contributed by atoms with Crippen molar-refractivity contribution < 1.29 is 4.74 Å². The minimum atomic E-state index is -0.0653. The van der Waals surface area contributed by atoms with E-state index in [1.165, 1.54) is 11.3 Å². The van der Waals surface area contributed by atoms with Gasteiger partial charge in [-0.2, -0.15) is 0 Å². The van der Waals surface area contributed by atoms with Gasteiger partial charge in [-0.15, -0.1) is 11.3 Å². The van der Waals surface area contributed by atoms with Crippen LogP contribution in [0.15, 0.2) is 34.8 Å². The van der Waals surface area contributed by atoms with Crippen molar-refractivity contribution in [3.63, 3.8) is 0 Å². The Morgan fingerprint density at radius 2 is 2.17 bits per heavy atom. The molecule has 0 saturated heterocycles. The predicted molar refractivity (Wildman–Crippen MR) is 80.4 cm³/mol. The van der Waals surface area contributed by atoms with E-state index >= 15 is 0 Å². The number of thiophene rings is 1. The normalized spacial score (nSPS) is 12.4. The average molecular weight is 347 g/mol. The molecule has 0 amide bonds. The van der Waals surface area contributed by atoms with Crippen LogP contribution >= 0.6 is 38.9 Å². The first-order valence-electron chi connectivity index (χ1n) is 5.48. The minimum absolute atomic E-state index is 0.0653. The van der Waals surface area contributed by atoms with Gasteiger partial charge in [-0.3, -0.25) is 0 Å². The van der Waals surface area contributed by atoms with Gasteiger partial charge in [0.2, 0.25) is 0 Å². The van der Waals surface area contributed by atoms with E-state index in [2.05, 4.69) is 15.9 Å². The van der Waals surface area contributed by atoms with Crippen LogP contribution in [-0.4, -0.2) is 0 Å². The molecule has 0 fully saturated rings. The first-order chi connectivity index (χ1) is 8.56. The smallest absolute Gasteiger partial charge is 0.124 e. The van der Waals surface area contributed by atoms with E-state index in [1.807, 2.05) is 37.3 Å². The van der Waals surface area contributed by atoms with E-state index in [1.54, 1.807) is 0 Å². The molecule has 18 heavy (non-hydrogen) atoms. The molecule has 2 aromatic rings. The minimum Gasteiger partial charge on any atom is -0.488 e. The SMILES string of the molecule is CC(N)c1cc(Br)ccc1OCc1ccc(Cl)s1. The second-order valence-corrected chi connectivity index (χ2v) is 6.68. The molecule has 0 aliphatic rings. The Morgan fingerprint density at radius 3 is 2.78 bits per heavy atom. The second kappa shape index (κ2) is 6.06. The van der Waals surface area contributed by atoms with E-state index in [9.17, 15) is 0 Å². The number of benzene rings is 1. The summed E-state index contributed by atoms with van der Waals surface area (Å²) in [5.74, 6) is 0.817.